The maximum atomic E-state index is 12.2. The van der Waals surface area contributed by atoms with Crippen molar-refractivity contribution >= 4 is 23.1 Å². The zero-order valence-corrected chi connectivity index (χ0v) is 15.7. The number of nitrogens with zero attached hydrogens (tertiary/aromatic N) is 2. The molecule has 1 saturated carbocycles. The van der Waals surface area contributed by atoms with Crippen LogP contribution in [0.15, 0.2) is 24.7 Å². The predicted molar refractivity (Wildman–Crippen MR) is 102 cm³/mol. The summed E-state index contributed by atoms with van der Waals surface area (Å²) in [6, 6.07) is 2.10. The smallest absolute Gasteiger partial charge is 0.412 e. The zero-order valence-electron chi connectivity index (χ0n) is 15.7. The van der Waals surface area contributed by atoms with Gasteiger partial charge < -0.3 is 19.6 Å². The first-order valence-electron chi connectivity index (χ1n) is 9.20. The van der Waals surface area contributed by atoms with Crippen LogP contribution in [-0.2, 0) is 4.74 Å². The van der Waals surface area contributed by atoms with E-state index in [4.69, 9.17) is 4.74 Å². The lowest BCUT2D eigenvalue weighted by molar-refractivity contribution is 0.0636. The average molecular weight is 360 g/mol. The lowest BCUT2D eigenvalue weighted by atomic mass is 9.85. The highest BCUT2D eigenvalue weighted by Crippen LogP contribution is 2.29. The number of nitrogens with one attached hydrogen (secondary N) is 2. The molecule has 0 unspecified atom stereocenters. The van der Waals surface area contributed by atoms with Gasteiger partial charge >= 0.3 is 6.09 Å². The van der Waals surface area contributed by atoms with Crippen molar-refractivity contribution in [2.45, 2.75) is 58.1 Å². The predicted octanol–water partition coefficient (Wildman–Crippen LogP) is 3.64. The average Bonchev–Trinajstić information content (AvgIpc) is 3.02. The molecular weight excluding hydrogens is 332 g/mol. The molecule has 2 aromatic heterocycles. The molecule has 3 rings (SSSR count). The second-order valence-electron chi connectivity index (χ2n) is 7.91. The second kappa shape index (κ2) is 7.53. The number of aliphatic hydroxyl groups excluding tert-OH is 1. The Balaban J connectivity index is 1.82. The maximum Gasteiger partial charge on any atom is 0.412 e. The number of anilines is 2. The van der Waals surface area contributed by atoms with Gasteiger partial charge in [0.1, 0.15) is 5.60 Å². The molecule has 1 aliphatic carbocycles. The minimum Gasteiger partial charge on any atom is -0.444 e. The zero-order chi connectivity index (χ0) is 18.7. The van der Waals surface area contributed by atoms with Crippen molar-refractivity contribution in [1.82, 2.24) is 9.38 Å². The molecular formula is C19H28N4O3. The molecule has 0 aliphatic heterocycles. The molecule has 7 heteroatoms. The lowest BCUT2D eigenvalue weighted by Crippen LogP contribution is -2.34. The van der Waals surface area contributed by atoms with Crippen molar-refractivity contribution in [3.05, 3.63) is 24.7 Å². The summed E-state index contributed by atoms with van der Waals surface area (Å²) in [4.78, 5) is 16.5. The molecule has 0 aromatic carbocycles. The molecule has 0 saturated heterocycles. The normalized spacial score (nSPS) is 20.8. The van der Waals surface area contributed by atoms with E-state index in [1.165, 1.54) is 0 Å². The van der Waals surface area contributed by atoms with Gasteiger partial charge in [-0.05, 0) is 39.7 Å². The summed E-state index contributed by atoms with van der Waals surface area (Å²) < 4.78 is 7.22. The molecule has 26 heavy (non-hydrogen) atoms. The molecule has 2 aromatic rings. The standard InChI is InChI=1S/C19H28N4O3/c1-19(2,3)26-18(25)22-16-10-14(11-23-9-8-20-17(16)23)21-15-7-5-4-6-13(15)12-24/h8-11,13,15,21,24H,4-7,12H2,1-3H3,(H,22,25)/t13-,15+/m1/s1. The van der Waals surface area contributed by atoms with E-state index in [0.717, 1.165) is 31.4 Å². The third-order valence-electron chi connectivity index (χ3n) is 4.62. The first kappa shape index (κ1) is 18.5. The SMILES string of the molecule is CC(C)(C)OC(=O)Nc1cc(N[C@H]2CCCC[C@@H]2CO)cn2ccnc12. The Morgan fingerprint density at radius 3 is 2.88 bits per heavy atom. The third-order valence-corrected chi connectivity index (χ3v) is 4.62. The Kier molecular flexibility index (Phi) is 5.36. The van der Waals surface area contributed by atoms with Gasteiger partial charge in [0, 0.05) is 37.2 Å². The van der Waals surface area contributed by atoms with Gasteiger partial charge in [0.05, 0.1) is 11.4 Å². The van der Waals surface area contributed by atoms with Gasteiger partial charge in [-0.3, -0.25) is 5.32 Å². The number of aromatic nitrogens is 2. The first-order chi connectivity index (χ1) is 12.4. The molecule has 1 aliphatic rings. The van der Waals surface area contributed by atoms with Crippen molar-refractivity contribution in [3.63, 3.8) is 0 Å². The Morgan fingerprint density at radius 2 is 2.15 bits per heavy atom. The summed E-state index contributed by atoms with van der Waals surface area (Å²) in [7, 11) is 0. The third kappa shape index (κ3) is 4.46. The molecule has 1 fully saturated rings. The number of fused-ring (bicyclic) bond motifs is 1. The molecule has 2 atom stereocenters. The van der Waals surface area contributed by atoms with Crippen molar-refractivity contribution in [2.24, 2.45) is 5.92 Å². The summed E-state index contributed by atoms with van der Waals surface area (Å²) in [5.41, 5.74) is 1.56. The largest absolute Gasteiger partial charge is 0.444 e. The minimum absolute atomic E-state index is 0.188. The number of ether oxygens (including phenoxy) is 1. The van der Waals surface area contributed by atoms with E-state index in [2.05, 4.69) is 15.6 Å². The molecule has 1 amide bonds. The van der Waals surface area contributed by atoms with Gasteiger partial charge in [0.2, 0.25) is 0 Å². The van der Waals surface area contributed by atoms with Crippen molar-refractivity contribution in [3.8, 4) is 0 Å². The number of hydrogen-bond donors (Lipinski definition) is 3. The summed E-state index contributed by atoms with van der Waals surface area (Å²) in [5.74, 6) is 0.254. The first-order valence-corrected chi connectivity index (χ1v) is 9.20. The summed E-state index contributed by atoms with van der Waals surface area (Å²) in [6.45, 7) is 5.67. The van der Waals surface area contributed by atoms with E-state index in [0.29, 0.717) is 11.3 Å². The number of rotatable bonds is 4. The van der Waals surface area contributed by atoms with E-state index < -0.39 is 11.7 Å². The van der Waals surface area contributed by atoms with Crippen LogP contribution in [0.25, 0.3) is 5.65 Å². The fraction of sp³-hybridized carbons (Fsp3) is 0.579. The van der Waals surface area contributed by atoms with E-state index in [1.54, 1.807) is 6.20 Å². The summed E-state index contributed by atoms with van der Waals surface area (Å²) in [6.07, 6.45) is 9.35. The van der Waals surface area contributed by atoms with Crippen molar-refractivity contribution in [2.75, 3.05) is 17.2 Å². The number of carbonyl (C=O) groups is 1. The monoisotopic (exact) mass is 360 g/mol. The van der Waals surface area contributed by atoms with E-state index in [9.17, 15) is 9.90 Å². The number of hydrogen-bond acceptors (Lipinski definition) is 5. The number of carbonyl (C=O) groups excluding carboxylic acids is 1. The van der Waals surface area contributed by atoms with E-state index in [1.807, 2.05) is 43.6 Å². The van der Waals surface area contributed by atoms with Crippen LogP contribution in [0.2, 0.25) is 0 Å². The van der Waals surface area contributed by atoms with Gasteiger partial charge in [-0.1, -0.05) is 12.8 Å². The summed E-state index contributed by atoms with van der Waals surface area (Å²) >= 11 is 0. The maximum absolute atomic E-state index is 12.2. The molecule has 0 radical (unpaired) electrons. The molecule has 7 nitrogen and oxygen atoms in total. The molecule has 2 heterocycles. The Labute approximate surface area is 153 Å². The quantitative estimate of drug-likeness (QED) is 0.775. The molecule has 142 valence electrons. The van der Waals surface area contributed by atoms with Gasteiger partial charge in [0.15, 0.2) is 5.65 Å². The lowest BCUT2D eigenvalue weighted by Gasteiger charge is -2.31. The number of imidazole rings is 1. The van der Waals surface area contributed by atoms with Crippen LogP contribution in [0.3, 0.4) is 0 Å². The van der Waals surface area contributed by atoms with Crippen LogP contribution in [0.5, 0.6) is 0 Å². The van der Waals surface area contributed by atoms with E-state index >= 15 is 0 Å². The Bertz CT molecular complexity index is 766. The topological polar surface area (TPSA) is 87.9 Å². The molecule has 0 bridgehead atoms. The highest BCUT2D eigenvalue weighted by Gasteiger charge is 2.25. The summed E-state index contributed by atoms with van der Waals surface area (Å²) in [5, 5.41) is 16.0. The van der Waals surface area contributed by atoms with Crippen LogP contribution in [0.4, 0.5) is 16.2 Å². The van der Waals surface area contributed by atoms with E-state index in [-0.39, 0.29) is 18.6 Å². The van der Waals surface area contributed by atoms with Gasteiger partial charge in [-0.2, -0.15) is 0 Å². The fourth-order valence-corrected chi connectivity index (χ4v) is 3.45. The fourth-order valence-electron chi connectivity index (χ4n) is 3.45. The van der Waals surface area contributed by atoms with Gasteiger partial charge in [-0.25, -0.2) is 9.78 Å². The highest BCUT2D eigenvalue weighted by atomic mass is 16.6. The second-order valence-corrected chi connectivity index (χ2v) is 7.91. The number of amides is 1. The van der Waals surface area contributed by atoms with Crippen LogP contribution in [0.1, 0.15) is 46.5 Å². The number of aliphatic hydroxyl groups is 1. The van der Waals surface area contributed by atoms with Gasteiger partial charge in [-0.15, -0.1) is 0 Å². The van der Waals surface area contributed by atoms with Crippen molar-refractivity contribution in [1.29, 1.82) is 0 Å². The highest BCUT2D eigenvalue weighted by molar-refractivity contribution is 5.90. The molecule has 0 spiro atoms. The van der Waals surface area contributed by atoms with Crippen LogP contribution in [-0.4, -0.2) is 38.8 Å². The number of pyridine rings is 1. The Hall–Kier alpha value is -2.28. The Morgan fingerprint density at radius 1 is 1.38 bits per heavy atom. The van der Waals surface area contributed by atoms with Gasteiger partial charge in [0.25, 0.3) is 0 Å². The van der Waals surface area contributed by atoms with Crippen molar-refractivity contribution < 1.29 is 14.6 Å². The molecule has 3 N–H and O–H groups in total. The van der Waals surface area contributed by atoms with Crippen LogP contribution >= 0.6 is 0 Å². The van der Waals surface area contributed by atoms with Crippen LogP contribution < -0.4 is 10.6 Å². The minimum atomic E-state index is -0.567. The van der Waals surface area contributed by atoms with Crippen LogP contribution in [0, 0.1) is 5.92 Å².